The van der Waals surface area contributed by atoms with Crippen LogP contribution >= 0.6 is 0 Å². The number of piperazine rings is 2. The van der Waals surface area contributed by atoms with Gasteiger partial charge >= 0.3 is 0 Å². The van der Waals surface area contributed by atoms with Crippen LogP contribution in [0.5, 0.6) is 0 Å². The molecule has 2 saturated heterocycles. The zero-order chi connectivity index (χ0) is 21.9. The molecule has 0 saturated carbocycles. The molecule has 2 aromatic heterocycles. The van der Waals surface area contributed by atoms with Gasteiger partial charge in [0.1, 0.15) is 18.0 Å². The number of carbonyl (C=O) groups excluding carboxylic acids is 1. The Hall–Kier alpha value is -3.46. The van der Waals surface area contributed by atoms with E-state index in [9.17, 15) is 4.79 Å². The molecule has 166 valence electrons. The zero-order valence-electron chi connectivity index (χ0n) is 18.3. The third kappa shape index (κ3) is 4.29. The molecule has 1 aromatic carbocycles. The lowest BCUT2D eigenvalue weighted by atomic mass is 10.1. The summed E-state index contributed by atoms with van der Waals surface area (Å²) < 4.78 is 1.77. The van der Waals surface area contributed by atoms with Crippen LogP contribution in [0, 0.1) is 0 Å². The Labute approximate surface area is 187 Å². The molecule has 5 rings (SSSR count). The van der Waals surface area contributed by atoms with Crippen molar-refractivity contribution in [3.63, 3.8) is 0 Å². The summed E-state index contributed by atoms with van der Waals surface area (Å²) in [6.45, 7) is 6.88. The second-order valence-electron chi connectivity index (χ2n) is 8.30. The van der Waals surface area contributed by atoms with E-state index in [-0.39, 0.29) is 5.91 Å². The van der Waals surface area contributed by atoms with Crippen LogP contribution in [-0.2, 0) is 0 Å². The minimum Gasteiger partial charge on any atom is -0.354 e. The van der Waals surface area contributed by atoms with E-state index in [2.05, 4.69) is 42.9 Å². The van der Waals surface area contributed by atoms with Gasteiger partial charge in [-0.3, -0.25) is 4.79 Å². The second-order valence-corrected chi connectivity index (χ2v) is 8.30. The molecule has 9 nitrogen and oxygen atoms in total. The Bertz CT molecular complexity index is 1050. The molecule has 0 N–H and O–H groups in total. The molecule has 0 bridgehead atoms. The molecule has 0 radical (unpaired) electrons. The molecule has 4 heterocycles. The topological polar surface area (TPSA) is 73.6 Å². The Kier molecular flexibility index (Phi) is 5.72. The van der Waals surface area contributed by atoms with Crippen molar-refractivity contribution < 1.29 is 4.79 Å². The Morgan fingerprint density at radius 2 is 1.53 bits per heavy atom. The van der Waals surface area contributed by atoms with Crippen LogP contribution in [0.25, 0.3) is 5.69 Å². The van der Waals surface area contributed by atoms with E-state index in [1.165, 1.54) is 0 Å². The van der Waals surface area contributed by atoms with Crippen molar-refractivity contribution in [3.8, 4) is 5.69 Å². The number of carbonyl (C=O) groups is 1. The first-order valence-corrected chi connectivity index (χ1v) is 11.1. The fourth-order valence-corrected chi connectivity index (χ4v) is 4.24. The first kappa shape index (κ1) is 20.4. The van der Waals surface area contributed by atoms with E-state index in [1.807, 2.05) is 41.4 Å². The highest BCUT2D eigenvalue weighted by Crippen LogP contribution is 2.21. The van der Waals surface area contributed by atoms with Crippen molar-refractivity contribution in [2.24, 2.45) is 0 Å². The molecule has 32 heavy (non-hydrogen) atoms. The average molecular weight is 433 g/mol. The molecule has 9 heteroatoms. The van der Waals surface area contributed by atoms with Gasteiger partial charge in [-0.1, -0.05) is 6.07 Å². The van der Waals surface area contributed by atoms with Crippen LogP contribution < -0.4 is 9.80 Å². The number of aromatic nitrogens is 4. The first-order chi connectivity index (χ1) is 15.7. The molecular weight excluding hydrogens is 404 g/mol. The van der Waals surface area contributed by atoms with Gasteiger partial charge in [0.25, 0.3) is 5.91 Å². The van der Waals surface area contributed by atoms with Crippen LogP contribution in [0.4, 0.5) is 11.6 Å². The predicted octanol–water partition coefficient (Wildman–Crippen LogP) is 1.38. The maximum atomic E-state index is 13.1. The van der Waals surface area contributed by atoms with E-state index >= 15 is 0 Å². The SMILES string of the molecule is CN1CCN(c2cc(N3CCN(C(=O)c4cccc(-n5cccn5)c4)CC3)ncn2)CC1. The summed E-state index contributed by atoms with van der Waals surface area (Å²) in [6, 6.07) is 11.6. The van der Waals surface area contributed by atoms with Crippen LogP contribution in [0.3, 0.4) is 0 Å². The van der Waals surface area contributed by atoms with Gasteiger partial charge in [0.15, 0.2) is 0 Å². The summed E-state index contributed by atoms with van der Waals surface area (Å²) in [6.07, 6.45) is 5.26. The van der Waals surface area contributed by atoms with E-state index in [1.54, 1.807) is 17.2 Å². The number of benzene rings is 1. The van der Waals surface area contributed by atoms with E-state index in [0.29, 0.717) is 18.7 Å². The molecular formula is C23H28N8O. The van der Waals surface area contributed by atoms with Gasteiger partial charge in [-0.05, 0) is 31.3 Å². The van der Waals surface area contributed by atoms with Crippen LogP contribution in [0.15, 0.2) is 55.1 Å². The molecule has 0 atom stereocenters. The average Bonchev–Trinajstić information content (AvgIpc) is 3.40. The number of rotatable bonds is 4. The van der Waals surface area contributed by atoms with Gasteiger partial charge in [-0.25, -0.2) is 14.6 Å². The van der Waals surface area contributed by atoms with Gasteiger partial charge in [-0.2, -0.15) is 5.10 Å². The lowest BCUT2D eigenvalue weighted by molar-refractivity contribution is 0.0746. The quantitative estimate of drug-likeness (QED) is 0.617. The molecule has 0 unspecified atom stereocenters. The zero-order valence-corrected chi connectivity index (χ0v) is 18.3. The van der Waals surface area contributed by atoms with E-state index in [4.69, 9.17) is 0 Å². The van der Waals surface area contributed by atoms with E-state index in [0.717, 1.165) is 56.6 Å². The Morgan fingerprint density at radius 3 is 2.19 bits per heavy atom. The lowest BCUT2D eigenvalue weighted by Crippen LogP contribution is -2.49. The predicted molar refractivity (Wildman–Crippen MR) is 123 cm³/mol. The summed E-state index contributed by atoms with van der Waals surface area (Å²) >= 11 is 0. The third-order valence-corrected chi connectivity index (χ3v) is 6.22. The first-order valence-electron chi connectivity index (χ1n) is 11.1. The normalized spacial score (nSPS) is 17.6. The molecule has 2 fully saturated rings. The van der Waals surface area contributed by atoms with Gasteiger partial charge in [-0.15, -0.1) is 0 Å². The Morgan fingerprint density at radius 1 is 0.844 bits per heavy atom. The standard InChI is InChI=1S/C23H28N8O/c1-27-8-10-28(11-9-27)21-17-22(25-18-24-21)29-12-14-30(15-13-29)23(32)19-4-2-5-20(16-19)31-7-3-6-26-31/h2-7,16-18H,8-15H2,1H3. The van der Waals surface area contributed by atoms with E-state index < -0.39 is 0 Å². The van der Waals surface area contributed by atoms with Crippen molar-refractivity contribution in [2.75, 3.05) is 69.2 Å². The highest BCUT2D eigenvalue weighted by molar-refractivity contribution is 5.95. The lowest BCUT2D eigenvalue weighted by Gasteiger charge is -2.36. The third-order valence-electron chi connectivity index (χ3n) is 6.22. The van der Waals surface area contributed by atoms with Crippen LogP contribution in [-0.4, -0.2) is 94.9 Å². The molecule has 2 aliphatic rings. The van der Waals surface area contributed by atoms with Crippen molar-refractivity contribution in [2.45, 2.75) is 0 Å². The number of hydrogen-bond acceptors (Lipinski definition) is 7. The minimum absolute atomic E-state index is 0.0551. The van der Waals surface area contributed by atoms with Gasteiger partial charge in [0.2, 0.25) is 0 Å². The van der Waals surface area contributed by atoms with Gasteiger partial charge in [0, 0.05) is 76.4 Å². The summed E-state index contributed by atoms with van der Waals surface area (Å²) in [7, 11) is 2.15. The number of likely N-dealkylation sites (N-methyl/N-ethyl adjacent to an activating group) is 1. The van der Waals surface area contributed by atoms with Crippen molar-refractivity contribution in [3.05, 3.63) is 60.7 Å². The van der Waals surface area contributed by atoms with Gasteiger partial charge < -0.3 is 19.6 Å². The largest absolute Gasteiger partial charge is 0.354 e. The molecule has 0 spiro atoms. The number of amides is 1. The smallest absolute Gasteiger partial charge is 0.254 e. The Balaban J connectivity index is 1.22. The van der Waals surface area contributed by atoms with Gasteiger partial charge in [0.05, 0.1) is 5.69 Å². The highest BCUT2D eigenvalue weighted by Gasteiger charge is 2.24. The second kappa shape index (κ2) is 8.96. The maximum absolute atomic E-state index is 13.1. The van der Waals surface area contributed by atoms with Crippen molar-refractivity contribution in [1.82, 2.24) is 29.5 Å². The number of anilines is 2. The van der Waals surface area contributed by atoms with Crippen LogP contribution in [0.1, 0.15) is 10.4 Å². The highest BCUT2D eigenvalue weighted by atomic mass is 16.2. The molecule has 3 aromatic rings. The monoisotopic (exact) mass is 432 g/mol. The fourth-order valence-electron chi connectivity index (χ4n) is 4.24. The summed E-state index contributed by atoms with van der Waals surface area (Å²) in [4.78, 5) is 30.9. The summed E-state index contributed by atoms with van der Waals surface area (Å²) in [5.41, 5.74) is 1.57. The molecule has 0 aliphatic carbocycles. The molecule has 1 amide bonds. The summed E-state index contributed by atoms with van der Waals surface area (Å²) in [5.74, 6) is 1.97. The molecule has 2 aliphatic heterocycles. The number of nitrogens with zero attached hydrogens (tertiary/aromatic N) is 8. The minimum atomic E-state index is 0.0551. The summed E-state index contributed by atoms with van der Waals surface area (Å²) in [5, 5.41) is 4.25. The fraction of sp³-hybridized carbons (Fsp3) is 0.391. The maximum Gasteiger partial charge on any atom is 0.254 e. The number of hydrogen-bond donors (Lipinski definition) is 0. The van der Waals surface area contributed by atoms with Crippen LogP contribution in [0.2, 0.25) is 0 Å². The van der Waals surface area contributed by atoms with Crippen molar-refractivity contribution in [1.29, 1.82) is 0 Å². The van der Waals surface area contributed by atoms with Crippen molar-refractivity contribution >= 4 is 17.5 Å².